The minimum Gasteiger partial charge on any atom is -0.409 e. The van der Waals surface area contributed by atoms with Crippen molar-refractivity contribution in [1.82, 2.24) is 10.4 Å². The number of hydrogen-bond acceptors (Lipinski definition) is 4. The summed E-state index contributed by atoms with van der Waals surface area (Å²) in [4.78, 5) is 0. The van der Waals surface area contributed by atoms with Gasteiger partial charge in [0.05, 0.1) is 0 Å². The number of nitrogens with one attached hydrogen (secondary N) is 1. The third kappa shape index (κ3) is 3.51. The van der Waals surface area contributed by atoms with Gasteiger partial charge in [0.25, 0.3) is 0 Å². The maximum Gasteiger partial charge on any atom is 0.143 e. The summed E-state index contributed by atoms with van der Waals surface area (Å²) in [5.74, 6) is 0.358. The average Bonchev–Trinajstić information content (AvgIpc) is 2.26. The van der Waals surface area contributed by atoms with Crippen molar-refractivity contribution in [2.24, 2.45) is 16.8 Å². The molecular weight excluding hydrogens is 180 g/mol. The van der Waals surface area contributed by atoms with Gasteiger partial charge < -0.3 is 10.9 Å². The summed E-state index contributed by atoms with van der Waals surface area (Å²) in [6.07, 6.45) is 3.84. The minimum atomic E-state index is 0.0712. The number of rotatable bonds is 4. The Morgan fingerprint density at radius 2 is 2.14 bits per heavy atom. The predicted octanol–water partition coefficient (Wildman–Crippen LogP) is 0.359. The van der Waals surface area contributed by atoms with E-state index in [0.717, 1.165) is 19.6 Å². The van der Waals surface area contributed by atoms with E-state index in [1.54, 1.807) is 0 Å². The van der Waals surface area contributed by atoms with E-state index in [1.807, 2.05) is 6.92 Å². The number of nitrogens with zero attached hydrogens (tertiary/aromatic N) is 2. The number of nitrogens with two attached hydrogens (primary N) is 1. The maximum atomic E-state index is 8.46. The molecule has 1 rings (SSSR count). The molecule has 1 aliphatic heterocycles. The van der Waals surface area contributed by atoms with Crippen LogP contribution in [0.1, 0.15) is 26.2 Å². The first-order valence-corrected chi connectivity index (χ1v) is 5.20. The monoisotopic (exact) mass is 200 g/mol. The Morgan fingerprint density at radius 3 is 2.71 bits per heavy atom. The molecule has 0 saturated carbocycles. The molecule has 1 atom stereocenters. The highest BCUT2D eigenvalue weighted by Crippen LogP contribution is 2.06. The Morgan fingerprint density at radius 1 is 1.50 bits per heavy atom. The topological polar surface area (TPSA) is 73.9 Å². The lowest BCUT2D eigenvalue weighted by atomic mass is 10.1. The van der Waals surface area contributed by atoms with E-state index in [1.165, 1.54) is 19.3 Å². The van der Waals surface area contributed by atoms with Crippen LogP contribution in [-0.4, -0.2) is 35.7 Å². The zero-order valence-electron chi connectivity index (χ0n) is 8.74. The Balaban J connectivity index is 2.18. The largest absolute Gasteiger partial charge is 0.409 e. The van der Waals surface area contributed by atoms with Crippen molar-refractivity contribution < 1.29 is 5.21 Å². The SMILES string of the molecule is CC(CNN1CCCCC1)C(N)=NO. The van der Waals surface area contributed by atoms with E-state index < -0.39 is 0 Å². The Kier molecular flexibility index (Phi) is 4.69. The molecule has 1 fully saturated rings. The summed E-state index contributed by atoms with van der Waals surface area (Å²) in [5.41, 5.74) is 8.77. The fourth-order valence-electron chi connectivity index (χ4n) is 1.52. The van der Waals surface area contributed by atoms with Crippen LogP contribution >= 0.6 is 0 Å². The molecule has 5 heteroatoms. The lowest BCUT2D eigenvalue weighted by Crippen LogP contribution is -2.45. The van der Waals surface area contributed by atoms with Gasteiger partial charge in [0, 0.05) is 25.6 Å². The summed E-state index contributed by atoms with van der Waals surface area (Å²) >= 11 is 0. The van der Waals surface area contributed by atoms with Crippen LogP contribution in [0.2, 0.25) is 0 Å². The van der Waals surface area contributed by atoms with Gasteiger partial charge in [-0.1, -0.05) is 18.5 Å². The van der Waals surface area contributed by atoms with Crippen LogP contribution in [0.4, 0.5) is 0 Å². The first kappa shape index (κ1) is 11.3. The molecule has 0 radical (unpaired) electrons. The standard InChI is InChI=1S/C9H20N4O/c1-8(9(10)12-14)7-11-13-5-3-2-4-6-13/h8,11,14H,2-7H2,1H3,(H2,10,12). The lowest BCUT2D eigenvalue weighted by molar-refractivity contribution is 0.150. The fourth-order valence-corrected chi connectivity index (χ4v) is 1.52. The quantitative estimate of drug-likeness (QED) is 0.265. The van der Waals surface area contributed by atoms with Gasteiger partial charge in [0.1, 0.15) is 5.84 Å². The van der Waals surface area contributed by atoms with Gasteiger partial charge in [-0.2, -0.15) is 0 Å². The molecule has 0 bridgehead atoms. The van der Waals surface area contributed by atoms with Crippen LogP contribution in [0.3, 0.4) is 0 Å². The van der Waals surface area contributed by atoms with Crippen LogP contribution in [0, 0.1) is 5.92 Å². The van der Waals surface area contributed by atoms with Gasteiger partial charge in [-0.15, -0.1) is 0 Å². The van der Waals surface area contributed by atoms with Crippen molar-refractivity contribution in [2.75, 3.05) is 19.6 Å². The van der Waals surface area contributed by atoms with Crippen LogP contribution in [-0.2, 0) is 0 Å². The van der Waals surface area contributed by atoms with Crippen molar-refractivity contribution >= 4 is 5.84 Å². The molecule has 0 spiro atoms. The van der Waals surface area contributed by atoms with Gasteiger partial charge in [0.2, 0.25) is 0 Å². The third-order valence-corrected chi connectivity index (χ3v) is 2.60. The Bertz CT molecular complexity index is 189. The van der Waals surface area contributed by atoms with Crippen LogP contribution in [0.5, 0.6) is 0 Å². The fraction of sp³-hybridized carbons (Fsp3) is 0.889. The van der Waals surface area contributed by atoms with E-state index >= 15 is 0 Å². The molecule has 5 nitrogen and oxygen atoms in total. The molecule has 4 N–H and O–H groups in total. The summed E-state index contributed by atoms with van der Waals surface area (Å²) in [6, 6.07) is 0. The van der Waals surface area contributed by atoms with Crippen LogP contribution < -0.4 is 11.2 Å². The highest BCUT2D eigenvalue weighted by Gasteiger charge is 2.12. The molecule has 0 aromatic heterocycles. The smallest absolute Gasteiger partial charge is 0.143 e. The molecule has 0 aromatic rings. The molecule has 0 aliphatic carbocycles. The summed E-state index contributed by atoms with van der Waals surface area (Å²) < 4.78 is 0. The lowest BCUT2D eigenvalue weighted by Gasteiger charge is -2.28. The first-order chi connectivity index (χ1) is 6.74. The minimum absolute atomic E-state index is 0.0712. The number of piperidine rings is 1. The maximum absolute atomic E-state index is 8.46. The van der Waals surface area contributed by atoms with Gasteiger partial charge in [-0.05, 0) is 12.8 Å². The van der Waals surface area contributed by atoms with Gasteiger partial charge in [0.15, 0.2) is 0 Å². The third-order valence-electron chi connectivity index (χ3n) is 2.60. The van der Waals surface area contributed by atoms with Gasteiger partial charge in [-0.25, -0.2) is 5.01 Å². The molecular formula is C9H20N4O. The van der Waals surface area contributed by atoms with E-state index in [2.05, 4.69) is 15.6 Å². The first-order valence-electron chi connectivity index (χ1n) is 5.20. The summed E-state index contributed by atoms with van der Waals surface area (Å²) in [6.45, 7) is 4.87. The number of amidine groups is 1. The molecule has 1 heterocycles. The van der Waals surface area contributed by atoms with E-state index in [4.69, 9.17) is 10.9 Å². The number of hydrazine groups is 1. The second kappa shape index (κ2) is 5.82. The second-order valence-corrected chi connectivity index (χ2v) is 3.84. The van der Waals surface area contributed by atoms with Crippen molar-refractivity contribution in [3.8, 4) is 0 Å². The predicted molar refractivity (Wildman–Crippen MR) is 56.0 cm³/mol. The Hall–Kier alpha value is -0.810. The van der Waals surface area contributed by atoms with E-state index in [9.17, 15) is 0 Å². The molecule has 82 valence electrons. The second-order valence-electron chi connectivity index (χ2n) is 3.84. The zero-order valence-corrected chi connectivity index (χ0v) is 8.74. The molecule has 0 amide bonds. The van der Waals surface area contributed by atoms with Gasteiger partial charge >= 0.3 is 0 Å². The highest BCUT2D eigenvalue weighted by atomic mass is 16.4. The molecule has 1 unspecified atom stereocenters. The molecule has 0 aromatic carbocycles. The van der Waals surface area contributed by atoms with Crippen molar-refractivity contribution in [3.05, 3.63) is 0 Å². The van der Waals surface area contributed by atoms with E-state index in [0.29, 0.717) is 0 Å². The number of hydrogen-bond donors (Lipinski definition) is 3. The van der Waals surface area contributed by atoms with E-state index in [-0.39, 0.29) is 11.8 Å². The molecule has 14 heavy (non-hydrogen) atoms. The van der Waals surface area contributed by atoms with Crippen molar-refractivity contribution in [3.63, 3.8) is 0 Å². The highest BCUT2D eigenvalue weighted by molar-refractivity contribution is 5.82. The van der Waals surface area contributed by atoms with Crippen LogP contribution in [0.15, 0.2) is 5.16 Å². The number of oxime groups is 1. The van der Waals surface area contributed by atoms with Gasteiger partial charge in [-0.3, -0.25) is 5.43 Å². The normalized spacial score (nSPS) is 22.2. The Labute approximate surface area is 84.9 Å². The summed E-state index contributed by atoms with van der Waals surface area (Å²) in [7, 11) is 0. The summed E-state index contributed by atoms with van der Waals surface area (Å²) in [5, 5.41) is 13.7. The van der Waals surface area contributed by atoms with Crippen molar-refractivity contribution in [1.29, 1.82) is 0 Å². The zero-order chi connectivity index (χ0) is 10.4. The molecule has 1 aliphatic rings. The van der Waals surface area contributed by atoms with Crippen molar-refractivity contribution in [2.45, 2.75) is 26.2 Å². The van der Waals surface area contributed by atoms with Crippen LogP contribution in [0.25, 0.3) is 0 Å². The molecule has 1 saturated heterocycles. The average molecular weight is 200 g/mol.